The first-order chi connectivity index (χ1) is 11.6. The second-order valence-corrected chi connectivity index (χ2v) is 5.91. The van der Waals surface area contributed by atoms with Crippen molar-refractivity contribution in [2.24, 2.45) is 5.92 Å². The van der Waals surface area contributed by atoms with Crippen LogP contribution in [0.2, 0.25) is 0 Å². The third kappa shape index (κ3) is 3.88. The highest BCUT2D eigenvalue weighted by Crippen LogP contribution is 2.32. The van der Waals surface area contributed by atoms with Crippen LogP contribution in [0.25, 0.3) is 0 Å². The molecule has 1 heterocycles. The Bertz CT molecular complexity index is 655. The predicted molar refractivity (Wildman–Crippen MR) is 88.1 cm³/mol. The van der Waals surface area contributed by atoms with Crippen LogP contribution in [0.4, 0.5) is 5.69 Å². The average molecular weight is 331 g/mol. The van der Waals surface area contributed by atoms with Gasteiger partial charge in [0.2, 0.25) is 0 Å². The smallest absolute Gasteiger partial charge is 0.310 e. The summed E-state index contributed by atoms with van der Waals surface area (Å²) in [6.07, 6.45) is 5.51. The van der Waals surface area contributed by atoms with Gasteiger partial charge in [-0.2, -0.15) is 0 Å². The highest BCUT2D eigenvalue weighted by Gasteiger charge is 2.25. The number of rotatable bonds is 4. The van der Waals surface area contributed by atoms with Crippen LogP contribution in [-0.4, -0.2) is 31.2 Å². The number of nitrogens with one attached hydrogen (secondary N) is 1. The van der Waals surface area contributed by atoms with Gasteiger partial charge >= 0.3 is 5.97 Å². The number of carbonyl (C=O) groups is 2. The summed E-state index contributed by atoms with van der Waals surface area (Å²) in [5.41, 5.74) is 0.577. The molecular formula is C18H21NO5. The normalized spacial score (nSPS) is 20.1. The molecular weight excluding hydrogens is 310 g/mol. The van der Waals surface area contributed by atoms with Crippen LogP contribution in [0.3, 0.4) is 0 Å². The van der Waals surface area contributed by atoms with Gasteiger partial charge < -0.3 is 19.5 Å². The van der Waals surface area contributed by atoms with E-state index in [1.807, 2.05) is 6.08 Å². The van der Waals surface area contributed by atoms with E-state index in [-0.39, 0.29) is 17.8 Å². The Balaban J connectivity index is 1.56. The molecule has 0 unspecified atom stereocenters. The minimum absolute atomic E-state index is 0.153. The number of hydrogen-bond donors (Lipinski definition) is 1. The fourth-order valence-electron chi connectivity index (χ4n) is 2.70. The minimum Gasteiger partial charge on any atom is -0.486 e. The number of benzene rings is 1. The van der Waals surface area contributed by atoms with Crippen molar-refractivity contribution in [3.63, 3.8) is 0 Å². The second-order valence-electron chi connectivity index (χ2n) is 5.91. The Morgan fingerprint density at radius 3 is 2.75 bits per heavy atom. The summed E-state index contributed by atoms with van der Waals surface area (Å²) in [6.45, 7) is 2.57. The lowest BCUT2D eigenvalue weighted by Crippen LogP contribution is -2.32. The average Bonchev–Trinajstić information content (AvgIpc) is 2.62. The highest BCUT2D eigenvalue weighted by atomic mass is 16.6. The van der Waals surface area contributed by atoms with Crippen molar-refractivity contribution < 1.29 is 23.8 Å². The number of allylic oxidation sites excluding steroid dienone is 2. The highest BCUT2D eigenvalue weighted by molar-refractivity contribution is 5.95. The number of hydrogen-bond acceptors (Lipinski definition) is 5. The first-order valence-electron chi connectivity index (χ1n) is 8.19. The summed E-state index contributed by atoms with van der Waals surface area (Å²) in [7, 11) is 0. The quantitative estimate of drug-likeness (QED) is 0.678. The van der Waals surface area contributed by atoms with Gasteiger partial charge in [0.25, 0.3) is 5.91 Å². The molecule has 0 fully saturated rings. The van der Waals surface area contributed by atoms with E-state index < -0.39 is 6.10 Å². The summed E-state index contributed by atoms with van der Waals surface area (Å²) in [6, 6.07) is 5.17. The van der Waals surface area contributed by atoms with Crippen molar-refractivity contribution >= 4 is 17.6 Å². The van der Waals surface area contributed by atoms with Gasteiger partial charge in [-0.3, -0.25) is 9.59 Å². The van der Waals surface area contributed by atoms with Crippen LogP contribution in [-0.2, 0) is 14.3 Å². The molecule has 2 aliphatic rings. The molecule has 1 aromatic carbocycles. The number of ether oxygens (including phenoxy) is 3. The van der Waals surface area contributed by atoms with E-state index in [0.29, 0.717) is 36.8 Å². The van der Waals surface area contributed by atoms with E-state index >= 15 is 0 Å². The molecule has 0 bridgehead atoms. The zero-order chi connectivity index (χ0) is 16.9. The second kappa shape index (κ2) is 7.38. The van der Waals surface area contributed by atoms with Crippen LogP contribution in [0.5, 0.6) is 11.5 Å². The number of anilines is 1. The third-order valence-electron chi connectivity index (χ3n) is 4.07. The van der Waals surface area contributed by atoms with Gasteiger partial charge in [0.1, 0.15) is 13.2 Å². The van der Waals surface area contributed by atoms with Gasteiger partial charge in [-0.15, -0.1) is 0 Å². The fraction of sp³-hybridized carbons (Fsp3) is 0.444. The van der Waals surface area contributed by atoms with Crippen LogP contribution in [0.1, 0.15) is 26.2 Å². The van der Waals surface area contributed by atoms with Crippen LogP contribution >= 0.6 is 0 Å². The van der Waals surface area contributed by atoms with Crippen molar-refractivity contribution in [1.29, 1.82) is 0 Å². The Morgan fingerprint density at radius 1 is 1.21 bits per heavy atom. The molecule has 6 heteroatoms. The van der Waals surface area contributed by atoms with Gasteiger partial charge in [-0.25, -0.2) is 0 Å². The van der Waals surface area contributed by atoms with E-state index in [4.69, 9.17) is 14.2 Å². The molecule has 128 valence electrons. The molecule has 0 radical (unpaired) electrons. The van der Waals surface area contributed by atoms with Crippen molar-refractivity contribution in [2.75, 3.05) is 18.5 Å². The lowest BCUT2D eigenvalue weighted by atomic mass is 9.95. The van der Waals surface area contributed by atoms with E-state index in [1.165, 1.54) is 0 Å². The standard InChI is InChI=1S/C18H21NO5/c1-12(24-18(21)13-5-3-2-4-6-13)17(20)19-14-7-8-15-16(11-14)23-10-9-22-15/h2-3,7-8,11-13H,4-6,9-10H2,1H3,(H,19,20)/t12-,13+/m1/s1. The van der Waals surface area contributed by atoms with Crippen LogP contribution < -0.4 is 14.8 Å². The summed E-state index contributed by atoms with van der Waals surface area (Å²) < 4.78 is 16.2. The summed E-state index contributed by atoms with van der Waals surface area (Å²) in [5.74, 6) is 0.414. The molecule has 0 aromatic heterocycles. The topological polar surface area (TPSA) is 73.9 Å². The van der Waals surface area contributed by atoms with Crippen molar-refractivity contribution in [2.45, 2.75) is 32.3 Å². The van der Waals surface area contributed by atoms with Crippen molar-refractivity contribution in [1.82, 2.24) is 0 Å². The molecule has 0 saturated heterocycles. The zero-order valence-electron chi connectivity index (χ0n) is 13.6. The summed E-state index contributed by atoms with van der Waals surface area (Å²) in [5, 5.41) is 2.73. The van der Waals surface area contributed by atoms with E-state index in [0.717, 1.165) is 12.8 Å². The molecule has 1 N–H and O–H groups in total. The lowest BCUT2D eigenvalue weighted by Gasteiger charge is -2.21. The number of amides is 1. The summed E-state index contributed by atoms with van der Waals surface area (Å²) >= 11 is 0. The molecule has 1 amide bonds. The summed E-state index contributed by atoms with van der Waals surface area (Å²) in [4.78, 5) is 24.3. The molecule has 24 heavy (non-hydrogen) atoms. The van der Waals surface area contributed by atoms with Crippen molar-refractivity contribution in [3.05, 3.63) is 30.4 Å². The number of carbonyl (C=O) groups excluding carboxylic acids is 2. The number of esters is 1. The molecule has 1 aliphatic carbocycles. The maximum Gasteiger partial charge on any atom is 0.310 e. The van der Waals surface area contributed by atoms with Crippen LogP contribution in [0.15, 0.2) is 30.4 Å². The molecule has 0 spiro atoms. The molecule has 2 atom stereocenters. The monoisotopic (exact) mass is 331 g/mol. The Morgan fingerprint density at radius 2 is 2.00 bits per heavy atom. The molecule has 1 aliphatic heterocycles. The lowest BCUT2D eigenvalue weighted by molar-refractivity contribution is -0.157. The van der Waals surface area contributed by atoms with Crippen LogP contribution in [0, 0.1) is 5.92 Å². The van der Waals surface area contributed by atoms with Gasteiger partial charge in [-0.1, -0.05) is 12.2 Å². The first-order valence-corrected chi connectivity index (χ1v) is 8.19. The molecule has 6 nitrogen and oxygen atoms in total. The maximum atomic E-state index is 12.2. The minimum atomic E-state index is -0.850. The van der Waals surface area contributed by atoms with Gasteiger partial charge in [0.15, 0.2) is 17.6 Å². The van der Waals surface area contributed by atoms with Gasteiger partial charge in [-0.05, 0) is 38.3 Å². The Labute approximate surface area is 140 Å². The Hall–Kier alpha value is -2.50. The Kier molecular flexibility index (Phi) is 5.03. The fourth-order valence-corrected chi connectivity index (χ4v) is 2.70. The largest absolute Gasteiger partial charge is 0.486 e. The predicted octanol–water partition coefficient (Wildman–Crippen LogP) is 2.68. The van der Waals surface area contributed by atoms with E-state index in [1.54, 1.807) is 25.1 Å². The van der Waals surface area contributed by atoms with E-state index in [9.17, 15) is 9.59 Å². The van der Waals surface area contributed by atoms with Gasteiger partial charge in [0, 0.05) is 11.8 Å². The first kappa shape index (κ1) is 16.4. The maximum absolute atomic E-state index is 12.2. The zero-order valence-corrected chi connectivity index (χ0v) is 13.6. The van der Waals surface area contributed by atoms with Crippen molar-refractivity contribution in [3.8, 4) is 11.5 Å². The third-order valence-corrected chi connectivity index (χ3v) is 4.07. The van der Waals surface area contributed by atoms with Gasteiger partial charge in [0.05, 0.1) is 5.92 Å². The molecule has 1 aromatic rings. The van der Waals surface area contributed by atoms with E-state index in [2.05, 4.69) is 11.4 Å². The molecule has 3 rings (SSSR count). The molecule has 0 saturated carbocycles. The number of fused-ring (bicyclic) bond motifs is 1. The SMILES string of the molecule is C[C@@H](OC(=O)[C@H]1CC=CCC1)C(=O)Nc1ccc2c(c1)OCCO2.